The Balaban J connectivity index is 0.00000225. The summed E-state index contributed by atoms with van der Waals surface area (Å²) in [6.45, 7) is 2.34. The summed E-state index contributed by atoms with van der Waals surface area (Å²) in [5.74, 6) is 0.591. The van der Waals surface area contributed by atoms with Gasteiger partial charge in [0.25, 0.3) is 0 Å². The van der Waals surface area contributed by atoms with Crippen LogP contribution >= 0.6 is 12.4 Å². The summed E-state index contributed by atoms with van der Waals surface area (Å²) in [7, 11) is 0. The Morgan fingerprint density at radius 2 is 1.94 bits per heavy atom. The van der Waals surface area contributed by atoms with E-state index in [2.05, 4.69) is 0 Å². The van der Waals surface area contributed by atoms with Crippen LogP contribution in [0.5, 0.6) is 5.75 Å². The van der Waals surface area contributed by atoms with Crippen molar-refractivity contribution in [1.82, 2.24) is 0 Å². The van der Waals surface area contributed by atoms with Gasteiger partial charge in [-0.2, -0.15) is 0 Å². The molecule has 1 atom stereocenters. The van der Waals surface area contributed by atoms with Gasteiger partial charge in [0.2, 0.25) is 6.43 Å². The van der Waals surface area contributed by atoms with E-state index < -0.39 is 12.5 Å². The van der Waals surface area contributed by atoms with Gasteiger partial charge in [0.15, 0.2) is 0 Å². The van der Waals surface area contributed by atoms with Crippen molar-refractivity contribution in [2.45, 2.75) is 25.8 Å². The number of alkyl halides is 2. The Morgan fingerprint density at radius 3 is 2.50 bits per heavy atom. The maximum atomic E-state index is 12.2. The van der Waals surface area contributed by atoms with Crippen molar-refractivity contribution >= 4 is 12.4 Å². The molecule has 2 N–H and O–H groups in total. The summed E-state index contributed by atoms with van der Waals surface area (Å²) in [5.41, 5.74) is 6.31. The fourth-order valence-corrected chi connectivity index (χ4v) is 1.39. The molecule has 2 nitrogen and oxygen atoms in total. The number of benzene rings is 1. The number of para-hydroxylation sites is 1. The van der Waals surface area contributed by atoms with Crippen LogP contribution in [-0.2, 0) is 0 Å². The number of rotatable bonds is 5. The van der Waals surface area contributed by atoms with Gasteiger partial charge in [-0.25, -0.2) is 8.78 Å². The molecule has 0 amide bonds. The lowest BCUT2D eigenvalue weighted by Gasteiger charge is -2.15. The number of nitrogens with two attached hydrogens (primary N) is 1. The van der Waals surface area contributed by atoms with E-state index in [9.17, 15) is 8.78 Å². The second-order valence-corrected chi connectivity index (χ2v) is 3.20. The molecule has 92 valence electrons. The van der Waals surface area contributed by atoms with Gasteiger partial charge in [0.1, 0.15) is 5.75 Å². The molecular weight excluding hydrogens is 236 g/mol. The maximum absolute atomic E-state index is 12.2. The zero-order valence-electron chi connectivity index (χ0n) is 9.03. The molecule has 0 spiro atoms. The fourth-order valence-electron chi connectivity index (χ4n) is 1.39. The molecule has 0 saturated heterocycles. The molecule has 0 fully saturated rings. The van der Waals surface area contributed by atoms with Crippen LogP contribution in [0.15, 0.2) is 24.3 Å². The number of hydrogen-bond donors (Lipinski definition) is 1. The van der Waals surface area contributed by atoms with E-state index in [1.165, 1.54) is 0 Å². The summed E-state index contributed by atoms with van der Waals surface area (Å²) in [6, 6.07) is 6.35. The third kappa shape index (κ3) is 4.33. The van der Waals surface area contributed by atoms with Gasteiger partial charge < -0.3 is 10.5 Å². The van der Waals surface area contributed by atoms with Gasteiger partial charge in [-0.15, -0.1) is 12.4 Å². The van der Waals surface area contributed by atoms with Gasteiger partial charge in [0.05, 0.1) is 6.61 Å². The molecule has 0 unspecified atom stereocenters. The van der Waals surface area contributed by atoms with Crippen LogP contribution in [0.25, 0.3) is 0 Å². The molecular formula is C11H16ClF2NO. The quantitative estimate of drug-likeness (QED) is 0.873. The van der Waals surface area contributed by atoms with Gasteiger partial charge in [0, 0.05) is 18.0 Å². The monoisotopic (exact) mass is 251 g/mol. The summed E-state index contributed by atoms with van der Waals surface area (Å²) < 4.78 is 29.7. The molecule has 0 aliphatic heterocycles. The van der Waals surface area contributed by atoms with E-state index >= 15 is 0 Å². The molecule has 0 aliphatic rings. The predicted octanol–water partition coefficient (Wildman–Crippen LogP) is 3.16. The number of halogens is 3. The molecule has 0 bridgehead atoms. The third-order valence-electron chi connectivity index (χ3n) is 2.05. The molecule has 16 heavy (non-hydrogen) atoms. The Hall–Kier alpha value is -0.870. The van der Waals surface area contributed by atoms with Crippen molar-refractivity contribution in [3.05, 3.63) is 29.8 Å². The van der Waals surface area contributed by atoms with E-state index in [-0.39, 0.29) is 18.8 Å². The highest BCUT2D eigenvalue weighted by Gasteiger charge is 2.16. The Morgan fingerprint density at radius 1 is 1.31 bits per heavy atom. The van der Waals surface area contributed by atoms with Crippen LogP contribution in [0.1, 0.15) is 24.9 Å². The van der Waals surface area contributed by atoms with Crippen LogP contribution in [0, 0.1) is 0 Å². The van der Waals surface area contributed by atoms with Crippen molar-refractivity contribution in [3.63, 3.8) is 0 Å². The normalized spacial score (nSPS) is 12.1. The van der Waals surface area contributed by atoms with E-state index in [1.807, 2.05) is 6.92 Å². The standard InChI is InChI=1S/C11H15F2NO.ClH/c1-2-15-10-6-4-3-5-8(10)9(14)7-11(12)13;/h3-6,9,11H,2,7,14H2,1H3;1H/t9-;/m0./s1. The van der Waals surface area contributed by atoms with E-state index in [0.29, 0.717) is 17.9 Å². The smallest absolute Gasteiger partial charge is 0.240 e. The van der Waals surface area contributed by atoms with E-state index in [0.717, 1.165) is 0 Å². The molecule has 0 radical (unpaired) electrons. The van der Waals surface area contributed by atoms with E-state index in [1.54, 1.807) is 24.3 Å². The first kappa shape index (κ1) is 15.1. The Labute approximate surface area is 100 Å². The zero-order chi connectivity index (χ0) is 11.3. The Kier molecular flexibility index (Phi) is 7.01. The maximum Gasteiger partial charge on any atom is 0.240 e. The number of hydrogen-bond acceptors (Lipinski definition) is 2. The van der Waals surface area contributed by atoms with Crippen LogP contribution < -0.4 is 10.5 Å². The van der Waals surface area contributed by atoms with Crippen molar-refractivity contribution < 1.29 is 13.5 Å². The Bertz CT molecular complexity index is 310. The summed E-state index contributed by atoms with van der Waals surface area (Å²) in [6.07, 6.45) is -2.74. The minimum atomic E-state index is -2.39. The van der Waals surface area contributed by atoms with Crippen LogP contribution in [0.2, 0.25) is 0 Å². The second kappa shape index (κ2) is 7.41. The highest BCUT2D eigenvalue weighted by molar-refractivity contribution is 5.85. The van der Waals surface area contributed by atoms with Crippen LogP contribution in [0.4, 0.5) is 8.78 Å². The van der Waals surface area contributed by atoms with Crippen molar-refractivity contribution in [3.8, 4) is 5.75 Å². The first-order chi connectivity index (χ1) is 7.15. The first-order valence-corrected chi connectivity index (χ1v) is 4.90. The molecule has 0 saturated carbocycles. The molecule has 0 aliphatic carbocycles. The molecule has 1 rings (SSSR count). The topological polar surface area (TPSA) is 35.2 Å². The molecule has 0 aromatic heterocycles. The fraction of sp³-hybridized carbons (Fsp3) is 0.455. The van der Waals surface area contributed by atoms with Crippen molar-refractivity contribution in [2.24, 2.45) is 5.73 Å². The SMILES string of the molecule is CCOc1ccccc1[C@@H](N)CC(F)F.Cl. The lowest BCUT2D eigenvalue weighted by Crippen LogP contribution is -2.15. The highest BCUT2D eigenvalue weighted by Crippen LogP contribution is 2.27. The summed E-state index contributed by atoms with van der Waals surface area (Å²) in [5, 5.41) is 0. The molecule has 1 aromatic rings. The van der Waals surface area contributed by atoms with Gasteiger partial charge in [-0.1, -0.05) is 18.2 Å². The lowest BCUT2D eigenvalue weighted by atomic mass is 10.0. The average Bonchev–Trinajstić information content (AvgIpc) is 2.18. The summed E-state index contributed by atoms with van der Waals surface area (Å²) in [4.78, 5) is 0. The average molecular weight is 252 g/mol. The van der Waals surface area contributed by atoms with Crippen molar-refractivity contribution in [2.75, 3.05) is 6.61 Å². The van der Waals surface area contributed by atoms with Gasteiger partial charge in [-0.05, 0) is 13.0 Å². The first-order valence-electron chi connectivity index (χ1n) is 4.90. The minimum absolute atomic E-state index is 0. The van der Waals surface area contributed by atoms with Crippen LogP contribution in [0.3, 0.4) is 0 Å². The predicted molar refractivity (Wildman–Crippen MR) is 62.4 cm³/mol. The van der Waals surface area contributed by atoms with Crippen LogP contribution in [-0.4, -0.2) is 13.0 Å². The summed E-state index contributed by atoms with van der Waals surface area (Å²) >= 11 is 0. The molecule has 0 heterocycles. The van der Waals surface area contributed by atoms with Crippen molar-refractivity contribution in [1.29, 1.82) is 0 Å². The second-order valence-electron chi connectivity index (χ2n) is 3.20. The van der Waals surface area contributed by atoms with Gasteiger partial charge in [-0.3, -0.25) is 0 Å². The minimum Gasteiger partial charge on any atom is -0.494 e. The largest absolute Gasteiger partial charge is 0.494 e. The van der Waals surface area contributed by atoms with E-state index in [4.69, 9.17) is 10.5 Å². The van der Waals surface area contributed by atoms with Gasteiger partial charge >= 0.3 is 0 Å². The third-order valence-corrected chi connectivity index (χ3v) is 2.05. The lowest BCUT2D eigenvalue weighted by molar-refractivity contribution is 0.128. The molecule has 5 heteroatoms. The number of ether oxygens (including phenoxy) is 1. The highest BCUT2D eigenvalue weighted by atomic mass is 35.5. The molecule has 1 aromatic carbocycles. The zero-order valence-corrected chi connectivity index (χ0v) is 9.84.